The molecular formula is C7H19N2O2+. The first-order valence-corrected chi connectivity index (χ1v) is 3.88. The lowest BCUT2D eigenvalue weighted by molar-refractivity contribution is -1.10. The van der Waals surface area contributed by atoms with Gasteiger partial charge in [-0.3, -0.25) is 0 Å². The van der Waals surface area contributed by atoms with Crippen molar-refractivity contribution in [1.82, 2.24) is 5.06 Å². The van der Waals surface area contributed by atoms with Crippen molar-refractivity contribution >= 4 is 0 Å². The fraction of sp³-hybridized carbons (Fsp3) is 1.00. The molecule has 0 radical (unpaired) electrons. The second-order valence-corrected chi connectivity index (χ2v) is 3.22. The Morgan fingerprint density at radius 3 is 2.27 bits per heavy atom. The lowest BCUT2D eigenvalue weighted by atomic mass is 10.3. The summed E-state index contributed by atoms with van der Waals surface area (Å²) in [4.78, 5) is 0. The first kappa shape index (κ1) is 10.8. The first-order valence-electron chi connectivity index (χ1n) is 3.88. The quantitative estimate of drug-likeness (QED) is 0.470. The van der Waals surface area contributed by atoms with Crippen LogP contribution in [0.3, 0.4) is 0 Å². The maximum Gasteiger partial charge on any atom is 0.131 e. The largest absolute Gasteiger partial charge is 0.314 e. The average Bonchev–Trinajstić information content (AvgIpc) is 1.86. The molecule has 2 atom stereocenters. The number of nitrogens with zero attached hydrogens (tertiary/aromatic N) is 2. The third-order valence-corrected chi connectivity index (χ3v) is 2.12. The van der Waals surface area contributed by atoms with Crippen LogP contribution >= 0.6 is 0 Å². The monoisotopic (exact) mass is 163 g/mol. The van der Waals surface area contributed by atoms with Gasteiger partial charge in [0.25, 0.3) is 0 Å². The Kier molecular flexibility index (Phi) is 3.96. The summed E-state index contributed by atoms with van der Waals surface area (Å²) in [6.45, 7) is 4.93. The van der Waals surface area contributed by atoms with Gasteiger partial charge in [-0.1, -0.05) is 0 Å². The van der Waals surface area contributed by atoms with E-state index in [4.69, 9.17) is 5.21 Å². The van der Waals surface area contributed by atoms with Crippen molar-refractivity contribution in [3.63, 3.8) is 0 Å². The molecule has 2 unspecified atom stereocenters. The Morgan fingerprint density at radius 1 is 1.55 bits per heavy atom. The highest BCUT2D eigenvalue weighted by Gasteiger charge is 2.25. The molecular weight excluding hydrogens is 144 g/mol. The van der Waals surface area contributed by atoms with Crippen LogP contribution in [0.5, 0.6) is 0 Å². The van der Waals surface area contributed by atoms with Crippen LogP contribution < -0.4 is 0 Å². The van der Waals surface area contributed by atoms with Crippen molar-refractivity contribution in [2.24, 2.45) is 0 Å². The number of likely N-dealkylation sites (N-methyl/N-ethyl adjacent to an activating group) is 2. The Balaban J connectivity index is 3.90. The number of quaternary nitrogens is 1. The summed E-state index contributed by atoms with van der Waals surface area (Å²) in [6, 6.07) is 0.0231. The second kappa shape index (κ2) is 4.01. The first-order chi connectivity index (χ1) is 4.90. The van der Waals surface area contributed by atoms with E-state index in [-0.39, 0.29) is 10.7 Å². The maximum atomic E-state index is 9.64. The molecule has 0 aromatic heterocycles. The third-order valence-electron chi connectivity index (χ3n) is 2.12. The molecule has 0 aliphatic heterocycles. The van der Waals surface area contributed by atoms with E-state index in [1.54, 1.807) is 14.1 Å². The minimum absolute atomic E-state index is 0.0231. The van der Waals surface area contributed by atoms with Crippen molar-refractivity contribution < 1.29 is 15.1 Å². The molecule has 0 aromatic rings. The van der Waals surface area contributed by atoms with Crippen LogP contribution in [0.1, 0.15) is 13.8 Å². The molecule has 0 amide bonds. The van der Waals surface area contributed by atoms with Crippen LogP contribution in [-0.4, -0.2) is 53.4 Å². The number of hydrogen-bond acceptors (Lipinski definition) is 3. The van der Waals surface area contributed by atoms with Gasteiger partial charge in [0.1, 0.15) is 12.6 Å². The van der Waals surface area contributed by atoms with Gasteiger partial charge in [-0.25, -0.2) is 5.21 Å². The van der Waals surface area contributed by atoms with E-state index in [0.717, 1.165) is 5.06 Å². The molecule has 11 heavy (non-hydrogen) atoms. The molecule has 0 fully saturated rings. The fourth-order valence-corrected chi connectivity index (χ4v) is 0.870. The summed E-state index contributed by atoms with van der Waals surface area (Å²) in [5.74, 6) is 0. The molecule has 0 spiro atoms. The van der Waals surface area contributed by atoms with Crippen molar-refractivity contribution in [3.8, 4) is 0 Å². The molecule has 2 N–H and O–H groups in total. The van der Waals surface area contributed by atoms with Crippen molar-refractivity contribution in [2.75, 3.05) is 27.2 Å². The van der Waals surface area contributed by atoms with Crippen LogP contribution in [0.4, 0.5) is 0 Å². The van der Waals surface area contributed by atoms with E-state index in [1.807, 2.05) is 13.8 Å². The molecule has 0 aliphatic rings. The van der Waals surface area contributed by atoms with Crippen LogP contribution in [-0.2, 0) is 0 Å². The van der Waals surface area contributed by atoms with Gasteiger partial charge >= 0.3 is 0 Å². The fourth-order valence-electron chi connectivity index (χ4n) is 0.870. The molecule has 4 heteroatoms. The molecule has 0 rings (SSSR count). The van der Waals surface area contributed by atoms with Gasteiger partial charge in [0.05, 0.1) is 13.6 Å². The predicted octanol–water partition coefficient (Wildman–Crippen LogP) is 0.552. The Morgan fingerprint density at radius 2 is 2.00 bits per heavy atom. The topological polar surface area (TPSA) is 43.7 Å². The normalized spacial score (nSPS) is 19.9. The third kappa shape index (κ3) is 3.67. The molecule has 0 heterocycles. The van der Waals surface area contributed by atoms with E-state index in [0.29, 0.717) is 13.1 Å². The van der Waals surface area contributed by atoms with Gasteiger partial charge in [-0.2, -0.15) is 9.71 Å². The molecule has 4 nitrogen and oxygen atoms in total. The van der Waals surface area contributed by atoms with E-state index >= 15 is 0 Å². The Bertz CT molecular complexity index is 115. The highest BCUT2D eigenvalue weighted by molar-refractivity contribution is 4.49. The van der Waals surface area contributed by atoms with E-state index in [9.17, 15) is 5.21 Å². The number of rotatable bonds is 4. The Hall–Kier alpha value is -0.160. The SMILES string of the molecule is CC[N+](C)(O)C(C)CN(C)O. The van der Waals surface area contributed by atoms with Gasteiger partial charge in [0, 0.05) is 7.05 Å². The standard InChI is InChI=1S/C7H19N2O2/c1-5-9(4,11)7(2)6-8(3)10/h7,10-11H,5-6H2,1-4H3/q+1. The van der Waals surface area contributed by atoms with Crippen LogP contribution in [0, 0.1) is 0 Å². The van der Waals surface area contributed by atoms with Gasteiger partial charge in [0.15, 0.2) is 0 Å². The Labute approximate surface area is 68.2 Å². The van der Waals surface area contributed by atoms with Crippen molar-refractivity contribution in [1.29, 1.82) is 0 Å². The van der Waals surface area contributed by atoms with Crippen LogP contribution in [0.15, 0.2) is 0 Å². The van der Waals surface area contributed by atoms with Crippen molar-refractivity contribution in [3.05, 3.63) is 0 Å². The smallest absolute Gasteiger partial charge is 0.131 e. The predicted molar refractivity (Wildman–Crippen MR) is 42.4 cm³/mol. The second-order valence-electron chi connectivity index (χ2n) is 3.22. The number of hydroxylamine groups is 5. The summed E-state index contributed by atoms with van der Waals surface area (Å²) in [5.41, 5.74) is 0. The average molecular weight is 163 g/mol. The molecule has 0 saturated carbocycles. The zero-order valence-corrected chi connectivity index (χ0v) is 7.78. The summed E-state index contributed by atoms with van der Waals surface area (Å²) >= 11 is 0. The van der Waals surface area contributed by atoms with Crippen LogP contribution in [0.2, 0.25) is 0 Å². The van der Waals surface area contributed by atoms with Crippen molar-refractivity contribution in [2.45, 2.75) is 19.9 Å². The van der Waals surface area contributed by atoms with E-state index in [2.05, 4.69) is 0 Å². The van der Waals surface area contributed by atoms with Gasteiger partial charge in [-0.15, -0.1) is 0 Å². The highest BCUT2D eigenvalue weighted by atomic mass is 16.5. The van der Waals surface area contributed by atoms with Gasteiger partial charge < -0.3 is 5.21 Å². The summed E-state index contributed by atoms with van der Waals surface area (Å²) in [7, 11) is 3.31. The molecule has 0 saturated heterocycles. The summed E-state index contributed by atoms with van der Waals surface area (Å²) in [6.07, 6.45) is 0. The highest BCUT2D eigenvalue weighted by Crippen LogP contribution is 2.05. The summed E-state index contributed by atoms with van der Waals surface area (Å²) in [5, 5.41) is 19.6. The molecule has 0 aliphatic carbocycles. The van der Waals surface area contributed by atoms with E-state index in [1.165, 1.54) is 0 Å². The molecule has 0 bridgehead atoms. The molecule has 68 valence electrons. The zero-order valence-electron chi connectivity index (χ0n) is 7.78. The minimum atomic E-state index is -0.0507. The molecule has 0 aromatic carbocycles. The van der Waals surface area contributed by atoms with E-state index < -0.39 is 0 Å². The van der Waals surface area contributed by atoms with Gasteiger partial charge in [-0.05, 0) is 13.8 Å². The summed E-state index contributed by atoms with van der Waals surface area (Å²) < 4.78 is -0.0507. The van der Waals surface area contributed by atoms with Gasteiger partial charge in [0.2, 0.25) is 0 Å². The lowest BCUT2D eigenvalue weighted by Crippen LogP contribution is -2.51. The minimum Gasteiger partial charge on any atom is -0.314 e. The maximum absolute atomic E-state index is 9.64. The number of hydrogen-bond donors (Lipinski definition) is 2. The van der Waals surface area contributed by atoms with Crippen LogP contribution in [0.25, 0.3) is 0 Å². The lowest BCUT2D eigenvalue weighted by Gasteiger charge is -2.31. The zero-order chi connectivity index (χ0) is 9.07.